The SMILES string of the molecule is O=C1N2CCCc3cccc(c32)C1(c1ccc(O)cc1)c1ccc(O)cc1. The second-order valence-electron chi connectivity index (χ2n) is 7.22. The number of para-hydroxylation sites is 1. The molecule has 134 valence electrons. The zero-order valence-corrected chi connectivity index (χ0v) is 14.7. The molecule has 27 heavy (non-hydrogen) atoms. The molecule has 0 saturated heterocycles. The minimum Gasteiger partial charge on any atom is -0.508 e. The van der Waals surface area contributed by atoms with Gasteiger partial charge in [-0.25, -0.2) is 0 Å². The molecule has 0 radical (unpaired) electrons. The lowest BCUT2D eigenvalue weighted by atomic mass is 9.70. The number of hydrogen-bond donors (Lipinski definition) is 2. The Bertz CT molecular complexity index is 993. The van der Waals surface area contributed by atoms with Crippen molar-refractivity contribution in [2.75, 3.05) is 11.4 Å². The van der Waals surface area contributed by atoms with Gasteiger partial charge in [-0.05, 0) is 53.8 Å². The smallest absolute Gasteiger partial charge is 0.246 e. The predicted molar refractivity (Wildman–Crippen MR) is 103 cm³/mol. The minimum absolute atomic E-state index is 0.0287. The highest BCUT2D eigenvalue weighted by Gasteiger charge is 2.54. The molecule has 2 heterocycles. The normalized spacial score (nSPS) is 17.0. The molecule has 0 bridgehead atoms. The average molecular weight is 357 g/mol. The van der Waals surface area contributed by atoms with E-state index in [9.17, 15) is 15.0 Å². The third kappa shape index (κ3) is 2.07. The van der Waals surface area contributed by atoms with E-state index >= 15 is 0 Å². The molecule has 2 N–H and O–H groups in total. The van der Waals surface area contributed by atoms with Crippen LogP contribution in [0.2, 0.25) is 0 Å². The van der Waals surface area contributed by atoms with E-state index in [0.29, 0.717) is 6.54 Å². The highest BCUT2D eigenvalue weighted by atomic mass is 16.3. The Morgan fingerprint density at radius 3 is 2.00 bits per heavy atom. The maximum absolute atomic E-state index is 13.9. The van der Waals surface area contributed by atoms with Crippen LogP contribution in [0.25, 0.3) is 0 Å². The van der Waals surface area contributed by atoms with Gasteiger partial charge in [0.2, 0.25) is 5.91 Å². The molecular weight excluding hydrogens is 338 g/mol. The summed E-state index contributed by atoms with van der Waals surface area (Å²) in [7, 11) is 0. The van der Waals surface area contributed by atoms with Crippen molar-refractivity contribution in [2.24, 2.45) is 0 Å². The monoisotopic (exact) mass is 357 g/mol. The van der Waals surface area contributed by atoms with Gasteiger partial charge in [0.15, 0.2) is 0 Å². The number of anilines is 1. The van der Waals surface area contributed by atoms with Gasteiger partial charge in [0.25, 0.3) is 0 Å². The summed E-state index contributed by atoms with van der Waals surface area (Å²) in [4.78, 5) is 15.8. The van der Waals surface area contributed by atoms with Crippen molar-refractivity contribution in [1.82, 2.24) is 0 Å². The summed E-state index contributed by atoms with van der Waals surface area (Å²) < 4.78 is 0. The molecule has 0 spiro atoms. The highest BCUT2D eigenvalue weighted by molar-refractivity contribution is 6.13. The van der Waals surface area contributed by atoms with E-state index in [1.54, 1.807) is 24.3 Å². The predicted octanol–water partition coefficient (Wildman–Crippen LogP) is 3.73. The average Bonchev–Trinajstić information content (AvgIpc) is 2.95. The Morgan fingerprint density at radius 1 is 0.815 bits per heavy atom. The lowest BCUT2D eigenvalue weighted by Crippen LogP contribution is -2.43. The van der Waals surface area contributed by atoms with Gasteiger partial charge in [-0.3, -0.25) is 4.79 Å². The first-order chi connectivity index (χ1) is 13.1. The Labute approximate surface area is 157 Å². The first-order valence-corrected chi connectivity index (χ1v) is 9.16. The summed E-state index contributed by atoms with van der Waals surface area (Å²) in [6, 6.07) is 19.9. The maximum Gasteiger partial charge on any atom is 0.246 e. The van der Waals surface area contributed by atoms with Gasteiger partial charge in [0.1, 0.15) is 16.9 Å². The quantitative estimate of drug-likeness (QED) is 0.735. The van der Waals surface area contributed by atoms with Crippen molar-refractivity contribution in [3.05, 3.63) is 89.0 Å². The molecule has 5 rings (SSSR count). The number of aryl methyl sites for hydroxylation is 1. The molecule has 0 atom stereocenters. The summed E-state index contributed by atoms with van der Waals surface area (Å²) >= 11 is 0. The Hall–Kier alpha value is -3.27. The van der Waals surface area contributed by atoms with Crippen LogP contribution in [0.4, 0.5) is 5.69 Å². The van der Waals surface area contributed by atoms with Crippen LogP contribution in [0.1, 0.15) is 28.7 Å². The van der Waals surface area contributed by atoms with Gasteiger partial charge in [-0.2, -0.15) is 0 Å². The van der Waals surface area contributed by atoms with Crippen molar-refractivity contribution in [2.45, 2.75) is 18.3 Å². The van der Waals surface area contributed by atoms with Crippen LogP contribution < -0.4 is 4.90 Å². The third-order valence-electron chi connectivity index (χ3n) is 5.79. The largest absolute Gasteiger partial charge is 0.508 e. The van der Waals surface area contributed by atoms with Crippen LogP contribution in [0.3, 0.4) is 0 Å². The van der Waals surface area contributed by atoms with Crippen molar-refractivity contribution in [1.29, 1.82) is 0 Å². The van der Waals surface area contributed by atoms with Crippen LogP contribution in [0.15, 0.2) is 66.7 Å². The minimum atomic E-state index is -0.975. The molecule has 0 aromatic heterocycles. The van der Waals surface area contributed by atoms with E-state index in [2.05, 4.69) is 6.07 Å². The standard InChI is InChI=1S/C23H19NO3/c25-18-10-6-16(7-11-18)23(17-8-12-19(26)13-9-17)20-5-1-3-15-4-2-14-24(21(15)20)22(23)27/h1,3,5-13,25-26H,2,4,14H2. The van der Waals surface area contributed by atoms with E-state index in [-0.39, 0.29) is 17.4 Å². The number of carbonyl (C=O) groups excluding carboxylic acids is 1. The Morgan fingerprint density at radius 2 is 1.41 bits per heavy atom. The zero-order chi connectivity index (χ0) is 18.6. The number of nitrogens with zero attached hydrogens (tertiary/aromatic N) is 1. The Kier molecular flexibility index (Phi) is 3.31. The van der Waals surface area contributed by atoms with Gasteiger partial charge < -0.3 is 15.1 Å². The summed E-state index contributed by atoms with van der Waals surface area (Å²) in [5, 5.41) is 19.6. The topological polar surface area (TPSA) is 60.8 Å². The number of hydrogen-bond acceptors (Lipinski definition) is 3. The van der Waals surface area contributed by atoms with Crippen molar-refractivity contribution in [3.63, 3.8) is 0 Å². The summed E-state index contributed by atoms with van der Waals surface area (Å²) in [6.45, 7) is 0.709. The fourth-order valence-corrected chi connectivity index (χ4v) is 4.62. The fourth-order valence-electron chi connectivity index (χ4n) is 4.62. The third-order valence-corrected chi connectivity index (χ3v) is 5.79. The number of phenolic OH excluding ortho intramolecular Hbond substituents is 2. The van der Waals surface area contributed by atoms with Crippen LogP contribution >= 0.6 is 0 Å². The number of phenols is 2. The number of benzene rings is 3. The highest BCUT2D eigenvalue weighted by Crippen LogP contribution is 2.53. The molecule has 4 heteroatoms. The maximum atomic E-state index is 13.9. The van der Waals surface area contributed by atoms with Crippen LogP contribution in [0, 0.1) is 0 Å². The fraction of sp³-hybridized carbons (Fsp3) is 0.174. The van der Waals surface area contributed by atoms with Crippen molar-refractivity contribution >= 4 is 11.6 Å². The van der Waals surface area contributed by atoms with Gasteiger partial charge >= 0.3 is 0 Å². The first-order valence-electron chi connectivity index (χ1n) is 9.16. The van der Waals surface area contributed by atoms with E-state index in [4.69, 9.17) is 0 Å². The second-order valence-corrected chi connectivity index (χ2v) is 7.22. The molecule has 0 aliphatic carbocycles. The van der Waals surface area contributed by atoms with E-state index in [1.165, 1.54) is 5.56 Å². The zero-order valence-electron chi connectivity index (χ0n) is 14.7. The molecule has 2 aliphatic rings. The molecule has 3 aromatic rings. The summed E-state index contributed by atoms with van der Waals surface area (Å²) in [5.41, 5.74) is 3.86. The van der Waals surface area contributed by atoms with Crippen molar-refractivity contribution < 1.29 is 15.0 Å². The van der Waals surface area contributed by atoms with Crippen LogP contribution in [-0.4, -0.2) is 22.7 Å². The first kappa shape index (κ1) is 15.9. The summed E-state index contributed by atoms with van der Waals surface area (Å²) in [6.07, 6.45) is 1.91. The summed E-state index contributed by atoms with van der Waals surface area (Å²) in [5.74, 6) is 0.362. The van der Waals surface area contributed by atoms with E-state index < -0.39 is 5.41 Å². The van der Waals surface area contributed by atoms with Gasteiger partial charge in [-0.15, -0.1) is 0 Å². The molecule has 0 fully saturated rings. The lowest BCUT2D eigenvalue weighted by molar-refractivity contribution is -0.120. The molecule has 0 saturated carbocycles. The second kappa shape index (κ2) is 5.61. The van der Waals surface area contributed by atoms with Gasteiger partial charge in [0, 0.05) is 12.1 Å². The van der Waals surface area contributed by atoms with Crippen LogP contribution in [0.5, 0.6) is 11.5 Å². The van der Waals surface area contributed by atoms with Crippen molar-refractivity contribution in [3.8, 4) is 11.5 Å². The molecule has 2 aliphatic heterocycles. The number of rotatable bonds is 2. The number of amides is 1. The molecule has 3 aromatic carbocycles. The van der Waals surface area contributed by atoms with E-state index in [1.807, 2.05) is 41.3 Å². The van der Waals surface area contributed by atoms with Gasteiger partial charge in [-0.1, -0.05) is 42.5 Å². The van der Waals surface area contributed by atoms with Gasteiger partial charge in [0.05, 0.1) is 5.69 Å². The number of carbonyl (C=O) groups is 1. The number of aromatic hydroxyl groups is 2. The lowest BCUT2D eigenvalue weighted by Gasteiger charge is -2.30. The molecule has 1 amide bonds. The Balaban J connectivity index is 1.87. The molecule has 4 nitrogen and oxygen atoms in total. The molecule has 0 unspecified atom stereocenters. The molecular formula is C23H19NO3. The van der Waals surface area contributed by atoms with E-state index in [0.717, 1.165) is 35.2 Å². The van der Waals surface area contributed by atoms with Crippen LogP contribution in [-0.2, 0) is 16.6 Å².